The first kappa shape index (κ1) is 19.2. The number of amides is 2. The number of thioether (sulfide) groups is 1. The van der Waals surface area contributed by atoms with Gasteiger partial charge < -0.3 is 10.6 Å². The highest BCUT2D eigenvalue weighted by Gasteiger charge is 2.27. The normalized spacial score (nSPS) is 13.6. The Morgan fingerprint density at radius 1 is 1.07 bits per heavy atom. The van der Waals surface area contributed by atoms with Crippen molar-refractivity contribution in [3.8, 4) is 5.69 Å². The van der Waals surface area contributed by atoms with Gasteiger partial charge in [0, 0.05) is 17.1 Å². The molecule has 148 valence electrons. The lowest BCUT2D eigenvalue weighted by molar-refractivity contribution is -0.136. The van der Waals surface area contributed by atoms with Crippen molar-refractivity contribution in [2.24, 2.45) is 0 Å². The summed E-state index contributed by atoms with van der Waals surface area (Å²) in [5.41, 5.74) is 3.26. The molecule has 2 amide bonds. The molecule has 0 spiro atoms. The molecular weight excluding hydrogens is 391 g/mol. The van der Waals surface area contributed by atoms with Gasteiger partial charge in [-0.05, 0) is 36.8 Å². The lowest BCUT2D eigenvalue weighted by Crippen LogP contribution is -2.37. The molecule has 2 N–H and O–H groups in total. The van der Waals surface area contributed by atoms with Gasteiger partial charge in [-0.3, -0.25) is 9.59 Å². The maximum Gasteiger partial charge on any atom is 0.314 e. The van der Waals surface area contributed by atoms with Gasteiger partial charge in [-0.2, -0.15) is 16.9 Å². The Kier molecular flexibility index (Phi) is 5.35. The zero-order valence-corrected chi connectivity index (χ0v) is 16.5. The second-order valence-corrected chi connectivity index (χ2v) is 7.70. The Balaban J connectivity index is 1.55. The number of anilines is 1. The van der Waals surface area contributed by atoms with Crippen LogP contribution in [0.15, 0.2) is 54.6 Å². The topological polar surface area (TPSA) is 76.0 Å². The van der Waals surface area contributed by atoms with Crippen molar-refractivity contribution in [3.05, 3.63) is 77.2 Å². The van der Waals surface area contributed by atoms with Gasteiger partial charge in [0.1, 0.15) is 11.6 Å². The third-order valence-corrected chi connectivity index (χ3v) is 5.68. The number of nitrogens with zero attached hydrogens (tertiary/aromatic N) is 2. The molecule has 6 nitrogen and oxygen atoms in total. The molecule has 8 heteroatoms. The van der Waals surface area contributed by atoms with E-state index < -0.39 is 11.8 Å². The Morgan fingerprint density at radius 3 is 2.52 bits per heavy atom. The third-order valence-electron chi connectivity index (χ3n) is 4.71. The van der Waals surface area contributed by atoms with Gasteiger partial charge >= 0.3 is 11.8 Å². The number of fused-ring (bicyclic) bond motifs is 1. The summed E-state index contributed by atoms with van der Waals surface area (Å²) < 4.78 is 14.8. The molecule has 4 rings (SSSR count). The van der Waals surface area contributed by atoms with Gasteiger partial charge in [0.2, 0.25) is 0 Å². The summed E-state index contributed by atoms with van der Waals surface area (Å²) in [6.07, 6.45) is 0. The van der Waals surface area contributed by atoms with Crippen LogP contribution >= 0.6 is 11.8 Å². The highest BCUT2D eigenvalue weighted by Crippen LogP contribution is 2.36. The fourth-order valence-corrected chi connectivity index (χ4v) is 4.20. The Bertz CT molecular complexity index is 1050. The molecule has 1 aromatic heterocycles. The lowest BCUT2D eigenvalue weighted by atomic mass is 10.1. The van der Waals surface area contributed by atoms with E-state index in [1.54, 1.807) is 28.6 Å². The second-order valence-electron chi connectivity index (χ2n) is 6.71. The molecule has 29 heavy (non-hydrogen) atoms. The fourth-order valence-electron chi connectivity index (χ4n) is 3.16. The van der Waals surface area contributed by atoms with Gasteiger partial charge in [0.15, 0.2) is 0 Å². The summed E-state index contributed by atoms with van der Waals surface area (Å²) >= 11 is 1.69. The van der Waals surface area contributed by atoms with Crippen LogP contribution in [0.4, 0.5) is 10.2 Å². The van der Waals surface area contributed by atoms with E-state index in [1.165, 1.54) is 12.1 Å². The smallest absolute Gasteiger partial charge is 0.314 e. The lowest BCUT2D eigenvalue weighted by Gasteiger charge is -2.15. The molecule has 1 atom stereocenters. The third kappa shape index (κ3) is 4.02. The highest BCUT2D eigenvalue weighted by molar-refractivity contribution is 7.98. The first-order valence-corrected chi connectivity index (χ1v) is 10.3. The molecule has 1 aliphatic heterocycles. The van der Waals surface area contributed by atoms with Gasteiger partial charge in [-0.25, -0.2) is 9.07 Å². The number of carbonyl (C=O) groups is 2. The van der Waals surface area contributed by atoms with Crippen molar-refractivity contribution in [1.29, 1.82) is 0 Å². The van der Waals surface area contributed by atoms with Crippen LogP contribution in [-0.4, -0.2) is 21.6 Å². The van der Waals surface area contributed by atoms with Crippen LogP contribution in [0.5, 0.6) is 0 Å². The molecule has 0 fully saturated rings. The predicted octanol–water partition coefficient (Wildman–Crippen LogP) is 3.57. The van der Waals surface area contributed by atoms with E-state index in [0.29, 0.717) is 17.3 Å². The van der Waals surface area contributed by atoms with E-state index in [-0.39, 0.29) is 11.9 Å². The van der Waals surface area contributed by atoms with Crippen LogP contribution in [-0.2, 0) is 21.1 Å². The number of hydrogen-bond acceptors (Lipinski definition) is 4. The highest BCUT2D eigenvalue weighted by atomic mass is 32.2. The number of aromatic nitrogens is 2. The maximum absolute atomic E-state index is 13.3. The van der Waals surface area contributed by atoms with Crippen molar-refractivity contribution >= 4 is 29.4 Å². The maximum atomic E-state index is 13.3. The summed E-state index contributed by atoms with van der Waals surface area (Å²) in [6.45, 7) is 1.82. The van der Waals surface area contributed by atoms with E-state index in [2.05, 4.69) is 15.7 Å². The van der Waals surface area contributed by atoms with Crippen molar-refractivity contribution < 1.29 is 14.0 Å². The summed E-state index contributed by atoms with van der Waals surface area (Å²) in [6, 6.07) is 14.9. The van der Waals surface area contributed by atoms with Gasteiger partial charge in [-0.15, -0.1) is 0 Å². The predicted molar refractivity (Wildman–Crippen MR) is 110 cm³/mol. The van der Waals surface area contributed by atoms with Crippen LogP contribution in [0.1, 0.15) is 29.8 Å². The van der Waals surface area contributed by atoms with Crippen LogP contribution in [0.3, 0.4) is 0 Å². The first-order chi connectivity index (χ1) is 14.0. The quantitative estimate of drug-likeness (QED) is 0.645. The number of rotatable bonds is 4. The number of hydrogen-bond donors (Lipinski definition) is 2. The van der Waals surface area contributed by atoms with Crippen LogP contribution < -0.4 is 10.6 Å². The Hall–Kier alpha value is -3.13. The van der Waals surface area contributed by atoms with Crippen LogP contribution in [0.25, 0.3) is 5.69 Å². The fraction of sp³-hybridized carbons (Fsp3) is 0.190. The van der Waals surface area contributed by atoms with Crippen LogP contribution in [0, 0.1) is 5.82 Å². The van der Waals surface area contributed by atoms with Crippen molar-refractivity contribution in [1.82, 2.24) is 15.1 Å². The average molecular weight is 410 g/mol. The molecule has 2 aromatic carbocycles. The standard InChI is InChI=1S/C21H19FN4O2S/c1-13(14-5-3-2-4-6-14)23-20(27)21(28)24-19-17-11-29-12-18(17)25-26(19)16-9-7-15(22)8-10-16/h2-10,13H,11-12H2,1H3,(H,23,27)(H,24,28)/t13-/m1/s1. The van der Waals surface area contributed by atoms with Gasteiger partial charge in [0.05, 0.1) is 17.4 Å². The number of carbonyl (C=O) groups excluding carboxylic acids is 2. The minimum Gasteiger partial charge on any atom is -0.341 e. The minimum atomic E-state index is -0.768. The molecule has 0 saturated heterocycles. The minimum absolute atomic E-state index is 0.308. The van der Waals surface area contributed by atoms with Gasteiger partial charge in [0.25, 0.3) is 0 Å². The van der Waals surface area contributed by atoms with E-state index in [4.69, 9.17) is 0 Å². The average Bonchev–Trinajstić information content (AvgIpc) is 3.32. The Morgan fingerprint density at radius 2 is 1.79 bits per heavy atom. The van der Waals surface area contributed by atoms with Crippen LogP contribution in [0.2, 0.25) is 0 Å². The van der Waals surface area contributed by atoms with E-state index in [1.807, 2.05) is 37.3 Å². The van der Waals surface area contributed by atoms with Gasteiger partial charge in [-0.1, -0.05) is 30.3 Å². The molecule has 0 unspecified atom stereocenters. The molecule has 0 radical (unpaired) electrons. The summed E-state index contributed by atoms with van der Waals surface area (Å²) in [7, 11) is 0. The number of nitrogens with one attached hydrogen (secondary N) is 2. The zero-order valence-electron chi connectivity index (χ0n) is 15.7. The van der Waals surface area contributed by atoms with Crippen molar-refractivity contribution in [2.75, 3.05) is 5.32 Å². The SMILES string of the molecule is C[C@@H](NC(=O)C(=O)Nc1c2c(nn1-c1ccc(F)cc1)CSC2)c1ccccc1. The summed E-state index contributed by atoms with van der Waals surface area (Å²) in [5.74, 6) is 0.00833. The molecule has 0 aliphatic carbocycles. The van der Waals surface area contributed by atoms with E-state index in [9.17, 15) is 14.0 Å². The summed E-state index contributed by atoms with van der Waals surface area (Å²) in [5, 5.41) is 9.95. The van der Waals surface area contributed by atoms with E-state index in [0.717, 1.165) is 22.6 Å². The van der Waals surface area contributed by atoms with E-state index >= 15 is 0 Å². The van der Waals surface area contributed by atoms with Crippen molar-refractivity contribution in [2.45, 2.75) is 24.5 Å². The molecule has 1 aliphatic rings. The summed E-state index contributed by atoms with van der Waals surface area (Å²) in [4.78, 5) is 25.0. The molecular formula is C21H19FN4O2S. The monoisotopic (exact) mass is 410 g/mol. The second kappa shape index (κ2) is 8.08. The number of benzene rings is 2. The molecule has 0 bridgehead atoms. The first-order valence-electron chi connectivity index (χ1n) is 9.14. The Labute approximate surface area is 171 Å². The van der Waals surface area contributed by atoms with Crippen molar-refractivity contribution in [3.63, 3.8) is 0 Å². The molecule has 3 aromatic rings. The molecule has 0 saturated carbocycles. The largest absolute Gasteiger partial charge is 0.341 e. The zero-order chi connectivity index (χ0) is 20.4. The molecule has 2 heterocycles. The number of halogens is 1.